The molecule has 0 aromatic heterocycles. The molecule has 80 valence electrons. The van der Waals surface area contributed by atoms with Crippen LogP contribution in [0.2, 0.25) is 5.02 Å². The zero-order chi connectivity index (χ0) is 11.4. The first-order chi connectivity index (χ1) is 7.74. The predicted octanol–water partition coefficient (Wildman–Crippen LogP) is 4.80. The Labute approximate surface area is 106 Å². The Balaban J connectivity index is 2.18. The van der Waals surface area contributed by atoms with E-state index in [1.54, 1.807) is 0 Å². The van der Waals surface area contributed by atoms with Gasteiger partial charge in [0.05, 0.1) is 0 Å². The summed E-state index contributed by atoms with van der Waals surface area (Å²) in [5, 5.41) is 0.757. The SMILES string of the molecule is Sc1ccc(C=Cc2cccc(Cl)c2)cc1. The molecule has 0 aliphatic heterocycles. The molecule has 0 heterocycles. The van der Waals surface area contributed by atoms with E-state index >= 15 is 0 Å². The van der Waals surface area contributed by atoms with E-state index in [0.717, 1.165) is 21.0 Å². The van der Waals surface area contributed by atoms with Crippen molar-refractivity contribution < 1.29 is 0 Å². The van der Waals surface area contributed by atoms with Crippen LogP contribution in [0.25, 0.3) is 12.2 Å². The summed E-state index contributed by atoms with van der Waals surface area (Å²) in [4.78, 5) is 0.972. The molecule has 0 spiro atoms. The molecule has 2 aromatic carbocycles. The lowest BCUT2D eigenvalue weighted by Gasteiger charge is -1.96. The van der Waals surface area contributed by atoms with Crippen LogP contribution in [0, 0.1) is 0 Å². The number of halogens is 1. The summed E-state index contributed by atoms with van der Waals surface area (Å²) in [5.74, 6) is 0. The van der Waals surface area contributed by atoms with Crippen LogP contribution in [0.15, 0.2) is 53.4 Å². The minimum absolute atomic E-state index is 0.757. The average Bonchev–Trinajstić information content (AvgIpc) is 2.28. The van der Waals surface area contributed by atoms with Gasteiger partial charge in [0.2, 0.25) is 0 Å². The second-order valence-corrected chi connectivity index (χ2v) is 4.43. The van der Waals surface area contributed by atoms with Crippen LogP contribution in [0.3, 0.4) is 0 Å². The number of benzene rings is 2. The van der Waals surface area contributed by atoms with Crippen LogP contribution in [0.4, 0.5) is 0 Å². The highest BCUT2D eigenvalue weighted by Gasteiger charge is 1.90. The molecule has 0 unspecified atom stereocenters. The fraction of sp³-hybridized carbons (Fsp3) is 0. The summed E-state index contributed by atoms with van der Waals surface area (Å²) in [7, 11) is 0. The lowest BCUT2D eigenvalue weighted by atomic mass is 10.1. The Kier molecular flexibility index (Phi) is 3.70. The largest absolute Gasteiger partial charge is 0.143 e. The van der Waals surface area contributed by atoms with Crippen molar-refractivity contribution in [3.05, 3.63) is 64.7 Å². The van der Waals surface area contributed by atoms with Crippen LogP contribution < -0.4 is 0 Å². The smallest absolute Gasteiger partial charge is 0.0411 e. The third kappa shape index (κ3) is 3.16. The first-order valence-corrected chi connectivity index (χ1v) is 5.79. The van der Waals surface area contributed by atoms with Gasteiger partial charge in [-0.25, -0.2) is 0 Å². The summed E-state index contributed by atoms with van der Waals surface area (Å²) in [5.41, 5.74) is 2.25. The number of hydrogen-bond donors (Lipinski definition) is 1. The Morgan fingerprint density at radius 3 is 2.25 bits per heavy atom. The Morgan fingerprint density at radius 2 is 1.56 bits per heavy atom. The van der Waals surface area contributed by atoms with E-state index in [-0.39, 0.29) is 0 Å². The molecule has 16 heavy (non-hydrogen) atoms. The van der Waals surface area contributed by atoms with Crippen molar-refractivity contribution in [1.29, 1.82) is 0 Å². The van der Waals surface area contributed by atoms with E-state index in [9.17, 15) is 0 Å². The molecule has 0 amide bonds. The molecular formula is C14H11ClS. The Bertz CT molecular complexity index is 500. The van der Waals surface area contributed by atoms with Crippen LogP contribution in [0.5, 0.6) is 0 Å². The molecule has 2 aromatic rings. The molecule has 0 radical (unpaired) electrons. The van der Waals surface area contributed by atoms with Gasteiger partial charge in [-0.05, 0) is 35.4 Å². The van der Waals surface area contributed by atoms with Crippen LogP contribution in [0.1, 0.15) is 11.1 Å². The fourth-order valence-corrected chi connectivity index (χ4v) is 1.74. The Morgan fingerprint density at radius 1 is 0.875 bits per heavy atom. The van der Waals surface area contributed by atoms with Gasteiger partial charge in [-0.15, -0.1) is 12.6 Å². The first kappa shape index (κ1) is 11.3. The Hall–Kier alpha value is -1.18. The average molecular weight is 247 g/mol. The second-order valence-electron chi connectivity index (χ2n) is 3.48. The van der Waals surface area contributed by atoms with Crippen molar-refractivity contribution in [3.8, 4) is 0 Å². The molecule has 0 saturated heterocycles. The molecule has 0 N–H and O–H groups in total. The van der Waals surface area contributed by atoms with Gasteiger partial charge in [0, 0.05) is 9.92 Å². The minimum Gasteiger partial charge on any atom is -0.143 e. The van der Waals surface area contributed by atoms with Crippen LogP contribution >= 0.6 is 24.2 Å². The van der Waals surface area contributed by atoms with Crippen molar-refractivity contribution in [2.45, 2.75) is 4.90 Å². The molecule has 2 rings (SSSR count). The van der Waals surface area contributed by atoms with Crippen molar-refractivity contribution in [3.63, 3.8) is 0 Å². The van der Waals surface area contributed by atoms with Gasteiger partial charge >= 0.3 is 0 Å². The van der Waals surface area contributed by atoms with Gasteiger partial charge in [-0.3, -0.25) is 0 Å². The predicted molar refractivity (Wildman–Crippen MR) is 74.1 cm³/mol. The second kappa shape index (κ2) is 5.24. The van der Waals surface area contributed by atoms with Gasteiger partial charge in [-0.1, -0.05) is 48.0 Å². The molecule has 0 bridgehead atoms. The third-order valence-electron chi connectivity index (χ3n) is 2.21. The first-order valence-electron chi connectivity index (χ1n) is 4.97. The highest BCUT2D eigenvalue weighted by atomic mass is 35.5. The van der Waals surface area contributed by atoms with Crippen molar-refractivity contribution in [1.82, 2.24) is 0 Å². The molecule has 0 nitrogen and oxygen atoms in total. The summed E-state index contributed by atoms with van der Waals surface area (Å²) in [6, 6.07) is 15.8. The summed E-state index contributed by atoms with van der Waals surface area (Å²) >= 11 is 10.1. The summed E-state index contributed by atoms with van der Waals surface area (Å²) < 4.78 is 0. The van der Waals surface area contributed by atoms with Gasteiger partial charge in [0.15, 0.2) is 0 Å². The molecule has 0 aliphatic rings. The molecule has 0 fully saturated rings. The maximum absolute atomic E-state index is 5.90. The van der Waals surface area contributed by atoms with Crippen LogP contribution in [-0.2, 0) is 0 Å². The zero-order valence-corrected chi connectivity index (χ0v) is 10.2. The lowest BCUT2D eigenvalue weighted by molar-refractivity contribution is 1.46. The van der Waals surface area contributed by atoms with E-state index in [4.69, 9.17) is 11.6 Å². The van der Waals surface area contributed by atoms with Crippen molar-refractivity contribution in [2.24, 2.45) is 0 Å². The highest BCUT2D eigenvalue weighted by molar-refractivity contribution is 7.80. The molecule has 0 saturated carbocycles. The van der Waals surface area contributed by atoms with Crippen molar-refractivity contribution >= 4 is 36.4 Å². The standard InChI is InChI=1S/C14H11ClS/c15-13-3-1-2-12(10-13)5-4-11-6-8-14(16)9-7-11/h1-10,16H. The van der Waals surface area contributed by atoms with E-state index in [1.807, 2.05) is 54.6 Å². The van der Waals surface area contributed by atoms with E-state index in [1.165, 1.54) is 0 Å². The maximum atomic E-state index is 5.90. The zero-order valence-electron chi connectivity index (χ0n) is 8.60. The van der Waals surface area contributed by atoms with Crippen LogP contribution in [-0.4, -0.2) is 0 Å². The van der Waals surface area contributed by atoms with E-state index < -0.39 is 0 Å². The van der Waals surface area contributed by atoms with Crippen molar-refractivity contribution in [2.75, 3.05) is 0 Å². The summed E-state index contributed by atoms with van der Waals surface area (Å²) in [6.45, 7) is 0. The topological polar surface area (TPSA) is 0 Å². The molecule has 0 atom stereocenters. The number of hydrogen-bond acceptors (Lipinski definition) is 1. The minimum atomic E-state index is 0.757. The molecular weight excluding hydrogens is 236 g/mol. The van der Waals surface area contributed by atoms with E-state index in [0.29, 0.717) is 0 Å². The number of rotatable bonds is 2. The fourth-order valence-electron chi connectivity index (χ4n) is 1.39. The quantitative estimate of drug-likeness (QED) is 0.571. The normalized spacial score (nSPS) is 10.9. The number of thiol groups is 1. The third-order valence-corrected chi connectivity index (χ3v) is 2.74. The van der Waals surface area contributed by atoms with Gasteiger partial charge in [0.25, 0.3) is 0 Å². The lowest BCUT2D eigenvalue weighted by Crippen LogP contribution is -1.73. The van der Waals surface area contributed by atoms with Gasteiger partial charge in [0.1, 0.15) is 0 Å². The summed E-state index contributed by atoms with van der Waals surface area (Å²) in [6.07, 6.45) is 4.10. The van der Waals surface area contributed by atoms with Gasteiger partial charge < -0.3 is 0 Å². The highest BCUT2D eigenvalue weighted by Crippen LogP contribution is 2.14. The molecule has 0 aliphatic carbocycles. The van der Waals surface area contributed by atoms with E-state index in [2.05, 4.69) is 18.7 Å². The maximum Gasteiger partial charge on any atom is 0.0411 e. The molecule has 2 heteroatoms. The van der Waals surface area contributed by atoms with Gasteiger partial charge in [-0.2, -0.15) is 0 Å². The monoisotopic (exact) mass is 246 g/mol.